The minimum Gasteiger partial charge on any atom is -0.404 e. The highest BCUT2D eigenvalue weighted by Crippen LogP contribution is 2.44. The zero-order valence-electron chi connectivity index (χ0n) is 12.7. The third kappa shape index (κ3) is 4.89. The Morgan fingerprint density at radius 1 is 0.846 bits per heavy atom. The highest BCUT2D eigenvalue weighted by molar-refractivity contribution is 7.87. The molecule has 0 aromatic heterocycles. The molecule has 142 valence electrons. The first-order valence-corrected chi connectivity index (χ1v) is 11.1. The van der Waals surface area contributed by atoms with Crippen LogP contribution in [0.5, 0.6) is 5.75 Å². The summed E-state index contributed by atoms with van der Waals surface area (Å²) >= 11 is 0. The first-order valence-electron chi connectivity index (χ1n) is 6.67. The molecule has 0 aliphatic rings. The van der Waals surface area contributed by atoms with Gasteiger partial charge in [-0.3, -0.25) is 18.9 Å². The number of benzene rings is 2. The fourth-order valence-corrected chi connectivity index (χ4v) is 4.60. The molecule has 13 heteroatoms. The van der Waals surface area contributed by atoms with Crippen molar-refractivity contribution in [2.24, 2.45) is 0 Å². The fraction of sp³-hybridized carbons (Fsp3) is 0.0769. The van der Waals surface area contributed by atoms with Crippen molar-refractivity contribution in [3.63, 3.8) is 0 Å². The van der Waals surface area contributed by atoms with Crippen LogP contribution in [0.1, 0.15) is 16.4 Å². The summed E-state index contributed by atoms with van der Waals surface area (Å²) in [7, 11) is -15.0. The minimum atomic E-state index is -5.09. The highest BCUT2D eigenvalue weighted by atomic mass is 32.2. The van der Waals surface area contributed by atoms with E-state index in [2.05, 4.69) is 4.52 Å². The van der Waals surface area contributed by atoms with Gasteiger partial charge in [0.1, 0.15) is 11.0 Å². The minimum absolute atomic E-state index is 0.436. The van der Waals surface area contributed by atoms with Gasteiger partial charge in [0.15, 0.2) is 0 Å². The molecule has 1 unspecified atom stereocenters. The molecule has 0 saturated heterocycles. The van der Waals surface area contributed by atoms with Crippen LogP contribution in [0.2, 0.25) is 0 Å². The number of para-hydroxylation sites is 1. The number of hydrogen-bond donors (Lipinski definition) is 4. The molecule has 0 bridgehead atoms. The normalized spacial score (nSPS) is 14.0. The van der Waals surface area contributed by atoms with E-state index in [-0.39, 0.29) is 0 Å². The number of hydrogen-bond acceptors (Lipinski definition) is 6. The summed E-state index contributed by atoms with van der Waals surface area (Å²) < 4.78 is 81.5. The molecule has 0 radical (unpaired) electrons. The highest BCUT2D eigenvalue weighted by Gasteiger charge is 2.35. The van der Waals surface area contributed by atoms with Gasteiger partial charge in [-0.15, -0.1) is 0 Å². The summed E-state index contributed by atoms with van der Waals surface area (Å²) in [6.07, 6.45) is 0. The summed E-state index contributed by atoms with van der Waals surface area (Å²) in [6, 6.07) is 9.08. The van der Waals surface area contributed by atoms with Gasteiger partial charge in [0.25, 0.3) is 20.2 Å². The second kappa shape index (κ2) is 7.08. The Balaban J connectivity index is 2.82. The molecule has 10 nitrogen and oxygen atoms in total. The molecular formula is C13H13O10PS2. The molecule has 1 atom stereocenters. The van der Waals surface area contributed by atoms with Crippen LogP contribution in [-0.2, 0) is 24.8 Å². The first-order chi connectivity index (χ1) is 11.8. The first kappa shape index (κ1) is 20.5. The van der Waals surface area contributed by atoms with Gasteiger partial charge < -0.3 is 4.52 Å². The quantitative estimate of drug-likeness (QED) is 0.391. The Kier molecular flexibility index (Phi) is 5.59. The number of phosphoric ester groups is 1. The van der Waals surface area contributed by atoms with E-state index in [0.717, 1.165) is 24.3 Å². The fourth-order valence-electron chi connectivity index (χ4n) is 2.33. The standard InChI is InChI=1S/C13H13O10PS2/c14-24(15,16)23-11-7-3-1-5-9(11)13(26(20,21)22)10-6-2-4-8-12(10)25(17,18)19/h1-8,13H,(H2,14,15,16)(H,17,18,19)(H,20,21,22). The largest absolute Gasteiger partial charge is 0.524 e. The van der Waals surface area contributed by atoms with Crippen molar-refractivity contribution in [3.05, 3.63) is 59.7 Å². The Morgan fingerprint density at radius 2 is 1.35 bits per heavy atom. The molecule has 0 heterocycles. The topological polar surface area (TPSA) is 176 Å². The molecule has 0 saturated carbocycles. The smallest absolute Gasteiger partial charge is 0.404 e. The summed E-state index contributed by atoms with van der Waals surface area (Å²) in [4.78, 5) is 17.2. The van der Waals surface area contributed by atoms with E-state index in [1.165, 1.54) is 24.3 Å². The Bertz CT molecular complexity index is 1070. The Morgan fingerprint density at radius 3 is 1.85 bits per heavy atom. The summed E-state index contributed by atoms with van der Waals surface area (Å²) in [6.45, 7) is 0. The van der Waals surface area contributed by atoms with Crippen LogP contribution in [-0.4, -0.2) is 35.7 Å². The lowest BCUT2D eigenvalue weighted by atomic mass is 10.0. The zero-order valence-corrected chi connectivity index (χ0v) is 15.2. The van der Waals surface area contributed by atoms with E-state index in [0.29, 0.717) is 0 Å². The third-order valence-electron chi connectivity index (χ3n) is 3.20. The van der Waals surface area contributed by atoms with E-state index < -0.39 is 55.1 Å². The second-order valence-electron chi connectivity index (χ2n) is 5.03. The van der Waals surface area contributed by atoms with Crippen molar-refractivity contribution in [1.82, 2.24) is 0 Å². The molecule has 26 heavy (non-hydrogen) atoms. The van der Waals surface area contributed by atoms with Crippen molar-refractivity contribution in [1.29, 1.82) is 0 Å². The van der Waals surface area contributed by atoms with Crippen molar-refractivity contribution < 1.29 is 44.8 Å². The lowest BCUT2D eigenvalue weighted by Gasteiger charge is -2.20. The number of phosphoric acid groups is 1. The molecular weight excluding hydrogens is 411 g/mol. The van der Waals surface area contributed by atoms with E-state index >= 15 is 0 Å². The predicted octanol–water partition coefficient (Wildman–Crippen LogP) is 1.38. The van der Waals surface area contributed by atoms with E-state index in [1.54, 1.807) is 0 Å². The van der Waals surface area contributed by atoms with Crippen LogP contribution in [0.25, 0.3) is 0 Å². The molecule has 0 fully saturated rings. The Labute approximate surface area is 148 Å². The van der Waals surface area contributed by atoms with Crippen LogP contribution in [0.15, 0.2) is 53.4 Å². The van der Waals surface area contributed by atoms with Gasteiger partial charge in [-0.05, 0) is 17.7 Å². The maximum atomic E-state index is 12.0. The van der Waals surface area contributed by atoms with Crippen LogP contribution >= 0.6 is 7.82 Å². The maximum Gasteiger partial charge on any atom is 0.524 e. The van der Waals surface area contributed by atoms with Gasteiger partial charge in [-0.2, -0.15) is 16.8 Å². The average molecular weight is 424 g/mol. The molecule has 2 aromatic rings. The lowest BCUT2D eigenvalue weighted by Crippen LogP contribution is -2.18. The lowest BCUT2D eigenvalue weighted by molar-refractivity contribution is 0.282. The Hall–Kier alpha value is -1.79. The van der Waals surface area contributed by atoms with Crippen LogP contribution in [0.4, 0.5) is 0 Å². The van der Waals surface area contributed by atoms with Crippen LogP contribution < -0.4 is 4.52 Å². The van der Waals surface area contributed by atoms with E-state index in [4.69, 9.17) is 9.79 Å². The van der Waals surface area contributed by atoms with Gasteiger partial charge in [-0.25, -0.2) is 4.57 Å². The third-order valence-corrected chi connectivity index (χ3v) is 5.66. The molecule has 4 N–H and O–H groups in total. The maximum absolute atomic E-state index is 12.0. The zero-order chi connectivity index (χ0) is 19.8. The van der Waals surface area contributed by atoms with Gasteiger partial charge >= 0.3 is 7.82 Å². The van der Waals surface area contributed by atoms with Crippen molar-refractivity contribution >= 4 is 28.1 Å². The van der Waals surface area contributed by atoms with Crippen molar-refractivity contribution in [2.45, 2.75) is 10.1 Å². The molecule has 2 rings (SSSR count). The SMILES string of the molecule is O=P(O)(O)Oc1ccccc1C(c1ccccc1S(=O)(=O)O)S(=O)(=O)O. The van der Waals surface area contributed by atoms with Gasteiger partial charge in [0, 0.05) is 5.56 Å². The molecule has 0 spiro atoms. The van der Waals surface area contributed by atoms with Gasteiger partial charge in [0.2, 0.25) is 0 Å². The van der Waals surface area contributed by atoms with Gasteiger partial charge in [-0.1, -0.05) is 36.4 Å². The average Bonchev–Trinajstić information content (AvgIpc) is 2.46. The van der Waals surface area contributed by atoms with E-state index in [9.17, 15) is 30.5 Å². The van der Waals surface area contributed by atoms with Gasteiger partial charge in [0.05, 0.1) is 4.90 Å². The van der Waals surface area contributed by atoms with Crippen LogP contribution in [0.3, 0.4) is 0 Å². The van der Waals surface area contributed by atoms with Crippen molar-refractivity contribution in [2.75, 3.05) is 0 Å². The monoisotopic (exact) mass is 424 g/mol. The van der Waals surface area contributed by atoms with Crippen LogP contribution in [0, 0.1) is 0 Å². The second-order valence-corrected chi connectivity index (χ2v) is 9.08. The van der Waals surface area contributed by atoms with E-state index in [1.807, 2.05) is 0 Å². The molecule has 0 amide bonds. The predicted molar refractivity (Wildman–Crippen MR) is 88.8 cm³/mol. The molecule has 2 aromatic carbocycles. The summed E-state index contributed by atoms with van der Waals surface area (Å²) in [5.74, 6) is -0.589. The summed E-state index contributed by atoms with van der Waals surface area (Å²) in [5, 5.41) is -2.09. The molecule has 0 aliphatic heterocycles. The number of rotatable bonds is 6. The molecule has 0 aliphatic carbocycles. The summed E-state index contributed by atoms with van der Waals surface area (Å²) in [5.41, 5.74) is -0.964. The van der Waals surface area contributed by atoms with Crippen molar-refractivity contribution in [3.8, 4) is 5.75 Å².